The molecule has 0 spiro atoms. The number of fused-ring (bicyclic) bond motifs is 1. The average Bonchev–Trinajstić information content (AvgIpc) is 2.89. The lowest BCUT2D eigenvalue weighted by atomic mass is 10.2. The third-order valence-corrected chi connectivity index (χ3v) is 3.17. The predicted molar refractivity (Wildman–Crippen MR) is 79.0 cm³/mol. The third kappa shape index (κ3) is 2.34. The highest BCUT2D eigenvalue weighted by molar-refractivity contribution is 6.04. The monoisotopic (exact) mass is 298 g/mol. The number of aryl methyl sites for hydroxylation is 2. The zero-order valence-corrected chi connectivity index (χ0v) is 12.4. The summed E-state index contributed by atoms with van der Waals surface area (Å²) in [6.45, 7) is 3.50. The number of rotatable bonds is 3. The molecule has 1 N–H and O–H groups in total. The number of ether oxygens (including phenoxy) is 1. The highest BCUT2D eigenvalue weighted by Crippen LogP contribution is 2.23. The number of hydrogen-bond acceptors (Lipinski definition) is 6. The molecule has 0 aliphatic heterocycles. The topological polar surface area (TPSA) is 94.3 Å². The van der Waals surface area contributed by atoms with Crippen LogP contribution < -0.4 is 10.1 Å². The second-order valence-corrected chi connectivity index (χ2v) is 4.66. The van der Waals surface area contributed by atoms with Gasteiger partial charge >= 0.3 is 0 Å². The van der Waals surface area contributed by atoms with Gasteiger partial charge in [-0.05, 0) is 26.0 Å². The molecule has 0 saturated heterocycles. The molecule has 0 aliphatic carbocycles. The molecule has 2 aromatic heterocycles. The Morgan fingerprint density at radius 1 is 1.23 bits per heavy atom. The average molecular weight is 298 g/mol. The number of hydrogen-bond donors (Lipinski definition) is 1. The van der Waals surface area contributed by atoms with Crippen LogP contribution in [0.1, 0.15) is 22.0 Å². The lowest BCUT2D eigenvalue weighted by Crippen LogP contribution is -2.19. The Morgan fingerprint density at radius 2 is 2.00 bits per heavy atom. The molecule has 3 rings (SSSR count). The van der Waals surface area contributed by atoms with E-state index in [-0.39, 0.29) is 11.6 Å². The molecule has 3 aromatic rings. The Kier molecular flexibility index (Phi) is 3.42. The fourth-order valence-electron chi connectivity index (χ4n) is 2.10. The van der Waals surface area contributed by atoms with Crippen LogP contribution in [0.5, 0.6) is 5.75 Å². The van der Waals surface area contributed by atoms with Gasteiger partial charge in [0.05, 0.1) is 18.5 Å². The van der Waals surface area contributed by atoms with Gasteiger partial charge < -0.3 is 10.1 Å². The van der Waals surface area contributed by atoms with E-state index in [1.165, 1.54) is 4.52 Å². The van der Waals surface area contributed by atoms with E-state index in [9.17, 15) is 4.79 Å². The van der Waals surface area contributed by atoms with Crippen LogP contribution in [0, 0.1) is 13.8 Å². The van der Waals surface area contributed by atoms with Crippen molar-refractivity contribution in [3.05, 3.63) is 41.5 Å². The Hall–Kier alpha value is -3.03. The van der Waals surface area contributed by atoms with Gasteiger partial charge in [-0.1, -0.05) is 12.1 Å². The highest BCUT2D eigenvalue weighted by atomic mass is 16.5. The third-order valence-electron chi connectivity index (χ3n) is 3.17. The Morgan fingerprint density at radius 3 is 2.77 bits per heavy atom. The fraction of sp³-hybridized carbons (Fsp3) is 0.214. The Bertz CT molecular complexity index is 858. The lowest BCUT2D eigenvalue weighted by Gasteiger charge is -2.10. The molecule has 0 radical (unpaired) electrons. The zero-order valence-electron chi connectivity index (χ0n) is 12.4. The van der Waals surface area contributed by atoms with Crippen molar-refractivity contribution >= 4 is 17.4 Å². The molecule has 0 fully saturated rings. The van der Waals surface area contributed by atoms with E-state index in [2.05, 4.69) is 25.6 Å². The molecular weight excluding hydrogens is 284 g/mol. The second-order valence-electron chi connectivity index (χ2n) is 4.66. The normalized spacial score (nSPS) is 10.7. The highest BCUT2D eigenvalue weighted by Gasteiger charge is 2.17. The van der Waals surface area contributed by atoms with Crippen LogP contribution >= 0.6 is 0 Å². The number of anilines is 1. The van der Waals surface area contributed by atoms with Gasteiger partial charge in [0.1, 0.15) is 11.6 Å². The summed E-state index contributed by atoms with van der Waals surface area (Å²) in [6.07, 6.45) is 0. The first-order valence-corrected chi connectivity index (χ1v) is 6.61. The molecule has 112 valence electrons. The van der Waals surface area contributed by atoms with Gasteiger partial charge in [-0.25, -0.2) is 0 Å². The molecule has 0 unspecified atom stereocenters. The van der Waals surface area contributed by atoms with Crippen molar-refractivity contribution in [2.75, 3.05) is 12.4 Å². The summed E-state index contributed by atoms with van der Waals surface area (Å²) in [5.74, 6) is 1.12. The van der Waals surface area contributed by atoms with E-state index in [1.807, 2.05) is 6.07 Å². The first-order valence-electron chi connectivity index (χ1n) is 6.61. The maximum absolute atomic E-state index is 12.4. The van der Waals surface area contributed by atoms with Crippen molar-refractivity contribution in [2.45, 2.75) is 13.8 Å². The van der Waals surface area contributed by atoms with Crippen molar-refractivity contribution in [3.8, 4) is 5.75 Å². The number of amides is 1. The van der Waals surface area contributed by atoms with Crippen LogP contribution in [-0.2, 0) is 0 Å². The summed E-state index contributed by atoms with van der Waals surface area (Å²) in [6, 6.07) is 7.14. The second kappa shape index (κ2) is 5.40. The minimum absolute atomic E-state index is 0.184. The van der Waals surface area contributed by atoms with Gasteiger partial charge in [-0.15, -0.1) is 15.3 Å². The van der Waals surface area contributed by atoms with Gasteiger partial charge in [0.25, 0.3) is 11.7 Å². The largest absolute Gasteiger partial charge is 0.495 e. The summed E-state index contributed by atoms with van der Waals surface area (Å²) in [5, 5.41) is 14.8. The maximum atomic E-state index is 12.4. The molecule has 0 bridgehead atoms. The van der Waals surface area contributed by atoms with Gasteiger partial charge in [0.15, 0.2) is 5.69 Å². The number of carbonyl (C=O) groups is 1. The van der Waals surface area contributed by atoms with Crippen molar-refractivity contribution in [2.24, 2.45) is 0 Å². The molecule has 1 aromatic carbocycles. The molecule has 1 amide bonds. The number of para-hydroxylation sites is 2. The molecule has 8 heteroatoms. The zero-order chi connectivity index (χ0) is 15.7. The SMILES string of the molecule is COc1ccccc1NC(=O)c1nnc2nc(C)nn2c1C. The molecule has 2 heterocycles. The van der Waals surface area contributed by atoms with Crippen LogP contribution in [-0.4, -0.2) is 37.8 Å². The van der Waals surface area contributed by atoms with E-state index in [1.54, 1.807) is 39.2 Å². The first-order chi connectivity index (χ1) is 10.6. The summed E-state index contributed by atoms with van der Waals surface area (Å²) < 4.78 is 6.71. The summed E-state index contributed by atoms with van der Waals surface area (Å²) >= 11 is 0. The molecule has 8 nitrogen and oxygen atoms in total. The van der Waals surface area contributed by atoms with Crippen LogP contribution in [0.25, 0.3) is 5.78 Å². The van der Waals surface area contributed by atoms with Gasteiger partial charge in [0.2, 0.25) is 0 Å². The number of nitrogens with one attached hydrogen (secondary N) is 1. The number of carbonyl (C=O) groups excluding carboxylic acids is 1. The molecule has 0 saturated carbocycles. The summed E-state index contributed by atoms with van der Waals surface area (Å²) in [4.78, 5) is 16.5. The standard InChI is InChI=1S/C14H14N6O2/c1-8-12(17-18-14-15-9(2)19-20(8)14)13(21)16-10-6-4-5-7-11(10)22-3/h4-7H,1-3H3,(H,16,21). The van der Waals surface area contributed by atoms with E-state index < -0.39 is 0 Å². The first kappa shape index (κ1) is 13.9. The number of nitrogens with zero attached hydrogens (tertiary/aromatic N) is 5. The Balaban J connectivity index is 1.97. The van der Waals surface area contributed by atoms with Crippen molar-refractivity contribution in [1.29, 1.82) is 0 Å². The van der Waals surface area contributed by atoms with Gasteiger partial charge in [-0.2, -0.15) is 9.50 Å². The van der Waals surface area contributed by atoms with Crippen LogP contribution in [0.15, 0.2) is 24.3 Å². The van der Waals surface area contributed by atoms with E-state index >= 15 is 0 Å². The fourth-order valence-corrected chi connectivity index (χ4v) is 2.10. The quantitative estimate of drug-likeness (QED) is 0.785. The van der Waals surface area contributed by atoms with Gasteiger partial charge in [-0.3, -0.25) is 4.79 Å². The molecular formula is C14H14N6O2. The summed E-state index contributed by atoms with van der Waals surface area (Å²) in [5.41, 5.74) is 1.31. The number of benzene rings is 1. The van der Waals surface area contributed by atoms with Crippen molar-refractivity contribution in [1.82, 2.24) is 24.8 Å². The minimum Gasteiger partial charge on any atom is -0.495 e. The number of methoxy groups -OCH3 is 1. The summed E-state index contributed by atoms with van der Waals surface area (Å²) in [7, 11) is 1.54. The van der Waals surface area contributed by atoms with E-state index in [4.69, 9.17) is 4.74 Å². The Labute approximate surface area is 126 Å². The van der Waals surface area contributed by atoms with E-state index in [0.717, 1.165) is 0 Å². The van der Waals surface area contributed by atoms with Crippen LogP contribution in [0.2, 0.25) is 0 Å². The lowest BCUT2D eigenvalue weighted by molar-refractivity contribution is 0.101. The van der Waals surface area contributed by atoms with Crippen LogP contribution in [0.3, 0.4) is 0 Å². The maximum Gasteiger partial charge on any atom is 0.278 e. The smallest absolute Gasteiger partial charge is 0.278 e. The van der Waals surface area contributed by atoms with Crippen molar-refractivity contribution < 1.29 is 9.53 Å². The van der Waals surface area contributed by atoms with Crippen LogP contribution in [0.4, 0.5) is 5.69 Å². The van der Waals surface area contributed by atoms with E-state index in [0.29, 0.717) is 28.7 Å². The van der Waals surface area contributed by atoms with Crippen molar-refractivity contribution in [3.63, 3.8) is 0 Å². The van der Waals surface area contributed by atoms with Gasteiger partial charge in [0, 0.05) is 0 Å². The predicted octanol–water partition coefficient (Wildman–Crippen LogP) is 1.40. The minimum atomic E-state index is -0.385. The molecule has 0 atom stereocenters. The molecule has 22 heavy (non-hydrogen) atoms. The molecule has 0 aliphatic rings. The number of aromatic nitrogens is 5.